The fourth-order valence-corrected chi connectivity index (χ4v) is 2.81. The van der Waals surface area contributed by atoms with Crippen LogP contribution in [0.5, 0.6) is 0 Å². The maximum atomic E-state index is 12.2. The zero-order valence-corrected chi connectivity index (χ0v) is 13.6. The Balaban J connectivity index is 0.00000176. The molecule has 1 radical (unpaired) electrons. The second-order valence-electron chi connectivity index (χ2n) is 5.02. The first-order chi connectivity index (χ1) is 10.4. The molecule has 0 saturated heterocycles. The Morgan fingerprint density at radius 1 is 0.545 bits per heavy atom. The molecule has 3 aromatic carbocycles. The van der Waals surface area contributed by atoms with E-state index in [1.165, 1.54) is 0 Å². The van der Waals surface area contributed by atoms with Gasteiger partial charge in [0, 0.05) is 0 Å². The first kappa shape index (κ1) is 16.3. The molecule has 0 amide bonds. The van der Waals surface area contributed by atoms with Gasteiger partial charge in [-0.1, -0.05) is 91.0 Å². The molecular weight excluding hydrogens is 359 g/mol. The Morgan fingerprint density at radius 2 is 0.818 bits per heavy atom. The van der Waals surface area contributed by atoms with Crippen molar-refractivity contribution in [3.8, 4) is 0 Å². The van der Waals surface area contributed by atoms with Gasteiger partial charge in [0.05, 0.1) is 0 Å². The molecular formula is C20H16ORh+2. The van der Waals surface area contributed by atoms with Crippen molar-refractivity contribution < 1.29 is 24.3 Å². The van der Waals surface area contributed by atoms with Crippen LogP contribution in [-0.4, -0.2) is 6.29 Å². The quantitative estimate of drug-likeness (QED) is 0.379. The molecule has 0 aliphatic carbocycles. The smallest absolute Gasteiger partial charge is 0.302 e. The van der Waals surface area contributed by atoms with E-state index in [1.807, 2.05) is 91.0 Å². The van der Waals surface area contributed by atoms with Crippen LogP contribution in [0.15, 0.2) is 91.0 Å². The predicted octanol–water partition coefficient (Wildman–Crippen LogP) is 4.22. The fraction of sp³-hybridized carbons (Fsp3) is 0.0500. The molecule has 0 heterocycles. The van der Waals surface area contributed by atoms with Crippen molar-refractivity contribution in [2.45, 2.75) is 5.41 Å². The van der Waals surface area contributed by atoms with E-state index in [0.717, 1.165) is 23.0 Å². The van der Waals surface area contributed by atoms with E-state index < -0.39 is 5.41 Å². The molecule has 22 heavy (non-hydrogen) atoms. The zero-order chi connectivity index (χ0) is 14.5. The summed E-state index contributed by atoms with van der Waals surface area (Å²) in [5, 5.41) is 0. The second kappa shape index (κ2) is 7.29. The van der Waals surface area contributed by atoms with E-state index in [0.29, 0.717) is 0 Å². The third-order valence-corrected chi connectivity index (χ3v) is 3.86. The summed E-state index contributed by atoms with van der Waals surface area (Å²) >= 11 is 0. The minimum Gasteiger partial charge on any atom is -0.302 e. The van der Waals surface area contributed by atoms with Crippen LogP contribution in [0.3, 0.4) is 0 Å². The maximum absolute atomic E-state index is 12.2. The van der Waals surface area contributed by atoms with Gasteiger partial charge in [-0.2, -0.15) is 0 Å². The molecule has 2 heteroatoms. The molecule has 3 aromatic rings. The Labute approximate surface area is 143 Å². The summed E-state index contributed by atoms with van der Waals surface area (Å²) in [5.74, 6) is 0. The third-order valence-electron chi connectivity index (χ3n) is 3.86. The standard InChI is InChI=1S/C20H16O.Rh/c21-16-20(17-10-4-1-5-11-17,18-12-6-2-7-13-18)19-14-8-3-9-15-19;/h1-16H;/q;+2. The monoisotopic (exact) mass is 375 g/mol. The number of benzene rings is 3. The molecule has 0 atom stereocenters. The molecule has 0 unspecified atom stereocenters. The van der Waals surface area contributed by atoms with E-state index >= 15 is 0 Å². The number of carbonyl (C=O) groups excluding carboxylic acids is 1. The van der Waals surface area contributed by atoms with Crippen LogP contribution in [0.25, 0.3) is 0 Å². The van der Waals surface area contributed by atoms with Crippen LogP contribution in [0.4, 0.5) is 0 Å². The number of aldehydes is 1. The van der Waals surface area contributed by atoms with Gasteiger partial charge in [0.15, 0.2) is 0 Å². The number of carbonyl (C=O) groups is 1. The van der Waals surface area contributed by atoms with Gasteiger partial charge in [-0.05, 0) is 16.7 Å². The molecule has 0 fully saturated rings. The minimum atomic E-state index is -0.760. The SMILES string of the molecule is O=CC(c1ccccc1)(c1ccccc1)c1ccccc1.[Rh+2]. The summed E-state index contributed by atoms with van der Waals surface area (Å²) in [6.07, 6.45) is 1.05. The summed E-state index contributed by atoms with van der Waals surface area (Å²) in [4.78, 5) is 12.2. The molecule has 0 bridgehead atoms. The summed E-state index contributed by atoms with van der Waals surface area (Å²) in [5.41, 5.74) is 2.19. The summed E-state index contributed by atoms with van der Waals surface area (Å²) < 4.78 is 0. The molecule has 0 aromatic heterocycles. The van der Waals surface area contributed by atoms with E-state index in [1.54, 1.807) is 0 Å². The molecule has 0 aliphatic rings. The van der Waals surface area contributed by atoms with Gasteiger partial charge in [-0.3, -0.25) is 0 Å². The van der Waals surface area contributed by atoms with Crippen LogP contribution in [-0.2, 0) is 29.7 Å². The average molecular weight is 375 g/mol. The minimum absolute atomic E-state index is 0. The summed E-state index contributed by atoms with van der Waals surface area (Å²) in [6, 6.07) is 29.8. The molecule has 0 N–H and O–H groups in total. The van der Waals surface area contributed by atoms with E-state index in [-0.39, 0.29) is 19.5 Å². The van der Waals surface area contributed by atoms with Gasteiger partial charge < -0.3 is 4.79 Å². The van der Waals surface area contributed by atoms with Crippen LogP contribution < -0.4 is 0 Å². The molecule has 0 spiro atoms. The number of hydrogen-bond donors (Lipinski definition) is 0. The van der Waals surface area contributed by atoms with Gasteiger partial charge in [0.25, 0.3) is 0 Å². The summed E-state index contributed by atoms with van der Waals surface area (Å²) in [6.45, 7) is 0. The van der Waals surface area contributed by atoms with Crippen LogP contribution in [0.2, 0.25) is 0 Å². The molecule has 1 nitrogen and oxygen atoms in total. The Bertz CT molecular complexity index is 612. The predicted molar refractivity (Wildman–Crippen MR) is 85.3 cm³/mol. The van der Waals surface area contributed by atoms with Gasteiger partial charge in [0.2, 0.25) is 0 Å². The Kier molecular flexibility index (Phi) is 5.41. The molecule has 3 rings (SSSR count). The molecule has 0 saturated carbocycles. The van der Waals surface area contributed by atoms with E-state index in [9.17, 15) is 4.79 Å². The van der Waals surface area contributed by atoms with Crippen molar-refractivity contribution in [1.29, 1.82) is 0 Å². The maximum Gasteiger partial charge on any atom is 2.00 e. The largest absolute Gasteiger partial charge is 2.00 e. The Hall–Kier alpha value is -2.05. The molecule has 109 valence electrons. The number of rotatable bonds is 4. The summed E-state index contributed by atoms with van der Waals surface area (Å²) in [7, 11) is 0. The van der Waals surface area contributed by atoms with Gasteiger partial charge in [-0.25, -0.2) is 0 Å². The second-order valence-corrected chi connectivity index (χ2v) is 5.02. The van der Waals surface area contributed by atoms with Crippen molar-refractivity contribution in [3.63, 3.8) is 0 Å². The normalized spacial score (nSPS) is 10.5. The first-order valence-electron chi connectivity index (χ1n) is 7.01. The average Bonchev–Trinajstić information content (AvgIpc) is 2.59. The van der Waals surface area contributed by atoms with Crippen LogP contribution in [0, 0.1) is 0 Å². The van der Waals surface area contributed by atoms with Crippen molar-refractivity contribution in [1.82, 2.24) is 0 Å². The first-order valence-corrected chi connectivity index (χ1v) is 7.01. The van der Waals surface area contributed by atoms with Gasteiger partial charge in [0.1, 0.15) is 11.7 Å². The van der Waals surface area contributed by atoms with E-state index in [2.05, 4.69) is 0 Å². The number of hydrogen-bond acceptors (Lipinski definition) is 1. The van der Waals surface area contributed by atoms with E-state index in [4.69, 9.17) is 0 Å². The van der Waals surface area contributed by atoms with Gasteiger partial charge >= 0.3 is 19.5 Å². The zero-order valence-electron chi connectivity index (χ0n) is 12.0. The van der Waals surface area contributed by atoms with Gasteiger partial charge in [-0.15, -0.1) is 0 Å². The third kappa shape index (κ3) is 2.80. The van der Waals surface area contributed by atoms with Crippen molar-refractivity contribution in [3.05, 3.63) is 108 Å². The van der Waals surface area contributed by atoms with Crippen LogP contribution >= 0.6 is 0 Å². The van der Waals surface area contributed by atoms with Crippen molar-refractivity contribution in [2.75, 3.05) is 0 Å². The fourth-order valence-electron chi connectivity index (χ4n) is 2.81. The molecule has 0 aliphatic heterocycles. The topological polar surface area (TPSA) is 17.1 Å². The Morgan fingerprint density at radius 3 is 1.05 bits per heavy atom. The van der Waals surface area contributed by atoms with Crippen molar-refractivity contribution >= 4 is 6.29 Å². The van der Waals surface area contributed by atoms with Crippen LogP contribution in [0.1, 0.15) is 16.7 Å². The van der Waals surface area contributed by atoms with Crippen molar-refractivity contribution in [2.24, 2.45) is 0 Å².